The van der Waals surface area contributed by atoms with E-state index < -0.39 is 15.9 Å². The molecule has 1 heterocycles. The number of benzene rings is 1. The van der Waals surface area contributed by atoms with Crippen molar-refractivity contribution in [2.45, 2.75) is 18.7 Å². The number of H-pyrrole nitrogens is 1. The van der Waals surface area contributed by atoms with Crippen molar-refractivity contribution in [3.63, 3.8) is 0 Å². The smallest absolute Gasteiger partial charge is 0.259 e. The third kappa shape index (κ3) is 3.57. The van der Waals surface area contributed by atoms with Gasteiger partial charge in [0.25, 0.3) is 5.91 Å². The number of sulfonamides is 1. The molecule has 0 atom stereocenters. The molecule has 1 amide bonds. The number of aromatic nitrogens is 2. The van der Waals surface area contributed by atoms with E-state index in [4.69, 9.17) is 4.74 Å². The molecule has 130 valence electrons. The maximum Gasteiger partial charge on any atom is 0.259 e. The molecular weight excluding hydrogens is 332 g/mol. The van der Waals surface area contributed by atoms with Gasteiger partial charge in [0.05, 0.1) is 29.5 Å². The summed E-state index contributed by atoms with van der Waals surface area (Å²) in [7, 11) is -2.25. The summed E-state index contributed by atoms with van der Waals surface area (Å²) in [5, 5.41) is 8.95. The summed E-state index contributed by atoms with van der Waals surface area (Å²) in [6, 6.07) is 4.23. The minimum absolute atomic E-state index is 0.0457. The van der Waals surface area contributed by atoms with Gasteiger partial charge in [-0.05, 0) is 18.2 Å². The Labute approximate surface area is 140 Å². The molecule has 0 radical (unpaired) electrons. The summed E-state index contributed by atoms with van der Waals surface area (Å²) in [6.07, 6.45) is 2.96. The minimum atomic E-state index is -3.66. The van der Waals surface area contributed by atoms with Crippen molar-refractivity contribution in [3.05, 3.63) is 36.2 Å². The van der Waals surface area contributed by atoms with Gasteiger partial charge in [0.2, 0.25) is 10.0 Å². The lowest BCUT2D eigenvalue weighted by atomic mass is 10.2. The zero-order valence-electron chi connectivity index (χ0n) is 13.7. The number of amides is 1. The third-order valence-electron chi connectivity index (χ3n) is 3.51. The normalized spacial score (nSPS) is 11.5. The van der Waals surface area contributed by atoms with E-state index in [1.165, 1.54) is 42.0 Å². The first-order chi connectivity index (χ1) is 11.4. The van der Waals surface area contributed by atoms with Crippen molar-refractivity contribution in [2.24, 2.45) is 0 Å². The zero-order valence-corrected chi connectivity index (χ0v) is 14.6. The van der Waals surface area contributed by atoms with Crippen molar-refractivity contribution < 1.29 is 17.9 Å². The largest absolute Gasteiger partial charge is 0.496 e. The van der Waals surface area contributed by atoms with Crippen LogP contribution in [0.5, 0.6) is 5.75 Å². The van der Waals surface area contributed by atoms with Crippen LogP contribution in [-0.2, 0) is 10.0 Å². The van der Waals surface area contributed by atoms with Gasteiger partial charge in [0.15, 0.2) is 0 Å². The second kappa shape index (κ2) is 7.45. The Morgan fingerprint density at radius 2 is 2.04 bits per heavy atom. The molecule has 2 rings (SSSR count). The Balaban J connectivity index is 2.42. The van der Waals surface area contributed by atoms with Gasteiger partial charge in [-0.15, -0.1) is 0 Å². The van der Waals surface area contributed by atoms with Crippen molar-refractivity contribution in [1.82, 2.24) is 14.5 Å². The standard InChI is InChI=1S/C15H20N4O4S/c1-4-19(5-2)24(21,22)12-6-7-14(23-3)13(8-12)15(20)18-11-9-16-17-10-11/h6-10H,4-5H2,1-3H3,(H,16,17)(H,18,20). The highest BCUT2D eigenvalue weighted by Crippen LogP contribution is 2.25. The lowest BCUT2D eigenvalue weighted by Crippen LogP contribution is -2.30. The average molecular weight is 352 g/mol. The summed E-state index contributed by atoms with van der Waals surface area (Å²) in [4.78, 5) is 12.5. The van der Waals surface area contributed by atoms with Gasteiger partial charge in [0, 0.05) is 19.3 Å². The second-order valence-electron chi connectivity index (χ2n) is 4.89. The fraction of sp³-hybridized carbons (Fsp3) is 0.333. The minimum Gasteiger partial charge on any atom is -0.496 e. The number of hydrogen-bond acceptors (Lipinski definition) is 5. The van der Waals surface area contributed by atoms with E-state index in [1.54, 1.807) is 13.8 Å². The molecule has 2 N–H and O–H groups in total. The Morgan fingerprint density at radius 1 is 1.33 bits per heavy atom. The number of anilines is 1. The first kappa shape index (κ1) is 18.0. The molecular formula is C15H20N4O4S. The molecule has 0 unspecified atom stereocenters. The highest BCUT2D eigenvalue weighted by Gasteiger charge is 2.24. The maximum absolute atomic E-state index is 12.6. The molecule has 0 saturated heterocycles. The predicted molar refractivity (Wildman–Crippen MR) is 89.6 cm³/mol. The van der Waals surface area contributed by atoms with Gasteiger partial charge >= 0.3 is 0 Å². The van der Waals surface area contributed by atoms with Crippen LogP contribution in [0.3, 0.4) is 0 Å². The molecule has 8 nitrogen and oxygen atoms in total. The summed E-state index contributed by atoms with van der Waals surface area (Å²) in [5.41, 5.74) is 0.603. The summed E-state index contributed by atoms with van der Waals surface area (Å²) < 4.78 is 31.7. The zero-order chi connectivity index (χ0) is 17.7. The van der Waals surface area contributed by atoms with E-state index in [0.717, 1.165) is 0 Å². The number of nitrogens with one attached hydrogen (secondary N) is 2. The van der Waals surface area contributed by atoms with Gasteiger partial charge < -0.3 is 10.1 Å². The number of methoxy groups -OCH3 is 1. The number of rotatable bonds is 7. The molecule has 0 aliphatic heterocycles. The van der Waals surface area contributed by atoms with Crippen LogP contribution in [0.2, 0.25) is 0 Å². The van der Waals surface area contributed by atoms with Crippen molar-refractivity contribution in [1.29, 1.82) is 0 Å². The number of carbonyl (C=O) groups excluding carboxylic acids is 1. The average Bonchev–Trinajstić information content (AvgIpc) is 3.08. The van der Waals surface area contributed by atoms with E-state index in [0.29, 0.717) is 18.8 Å². The van der Waals surface area contributed by atoms with Crippen LogP contribution in [0.25, 0.3) is 0 Å². The molecule has 0 spiro atoms. The maximum atomic E-state index is 12.6. The van der Waals surface area contributed by atoms with Gasteiger partial charge in [-0.3, -0.25) is 9.89 Å². The van der Waals surface area contributed by atoms with E-state index >= 15 is 0 Å². The first-order valence-electron chi connectivity index (χ1n) is 7.42. The lowest BCUT2D eigenvalue weighted by Gasteiger charge is -2.19. The van der Waals surface area contributed by atoms with Crippen LogP contribution in [0.4, 0.5) is 5.69 Å². The lowest BCUT2D eigenvalue weighted by molar-refractivity contribution is 0.102. The SMILES string of the molecule is CCN(CC)S(=O)(=O)c1ccc(OC)c(C(=O)Nc2cn[nH]c2)c1. The van der Waals surface area contributed by atoms with Gasteiger partial charge in [-0.25, -0.2) is 8.42 Å². The highest BCUT2D eigenvalue weighted by molar-refractivity contribution is 7.89. The van der Waals surface area contributed by atoms with Crippen molar-refractivity contribution in [2.75, 3.05) is 25.5 Å². The monoisotopic (exact) mass is 352 g/mol. The quantitative estimate of drug-likeness (QED) is 0.789. The fourth-order valence-electron chi connectivity index (χ4n) is 2.26. The summed E-state index contributed by atoms with van der Waals surface area (Å²) >= 11 is 0. The predicted octanol–water partition coefficient (Wildman–Crippen LogP) is 1.70. The van der Waals surface area contributed by atoms with E-state index in [1.807, 2.05) is 0 Å². The van der Waals surface area contributed by atoms with E-state index in [-0.39, 0.29) is 16.2 Å². The van der Waals surface area contributed by atoms with Crippen LogP contribution in [0.1, 0.15) is 24.2 Å². The van der Waals surface area contributed by atoms with Crippen LogP contribution in [0.15, 0.2) is 35.5 Å². The molecule has 0 bridgehead atoms. The summed E-state index contributed by atoms with van der Waals surface area (Å²) in [5.74, 6) is -0.195. The molecule has 0 aliphatic rings. The van der Waals surface area contributed by atoms with Crippen molar-refractivity contribution in [3.8, 4) is 5.75 Å². The van der Waals surface area contributed by atoms with Gasteiger partial charge in [-0.2, -0.15) is 9.40 Å². The Bertz CT molecular complexity index is 799. The number of carbonyl (C=O) groups is 1. The molecule has 0 aliphatic carbocycles. The highest BCUT2D eigenvalue weighted by atomic mass is 32.2. The van der Waals surface area contributed by atoms with Crippen molar-refractivity contribution >= 4 is 21.6 Å². The van der Waals surface area contributed by atoms with E-state index in [9.17, 15) is 13.2 Å². The first-order valence-corrected chi connectivity index (χ1v) is 8.86. The van der Waals surface area contributed by atoms with Gasteiger partial charge in [0.1, 0.15) is 5.75 Å². The van der Waals surface area contributed by atoms with Crippen LogP contribution in [-0.4, -0.2) is 49.0 Å². The molecule has 2 aromatic rings. The number of ether oxygens (including phenoxy) is 1. The Hall–Kier alpha value is -2.39. The molecule has 0 saturated carbocycles. The molecule has 24 heavy (non-hydrogen) atoms. The Kier molecular flexibility index (Phi) is 5.58. The number of hydrogen-bond donors (Lipinski definition) is 2. The van der Waals surface area contributed by atoms with Crippen LogP contribution >= 0.6 is 0 Å². The Morgan fingerprint density at radius 3 is 2.58 bits per heavy atom. The molecule has 0 fully saturated rings. The number of nitrogens with zero attached hydrogens (tertiary/aromatic N) is 2. The molecule has 1 aromatic carbocycles. The summed E-state index contributed by atoms with van der Waals surface area (Å²) in [6.45, 7) is 4.22. The topological polar surface area (TPSA) is 104 Å². The molecule has 9 heteroatoms. The van der Waals surface area contributed by atoms with E-state index in [2.05, 4.69) is 15.5 Å². The van der Waals surface area contributed by atoms with Gasteiger partial charge in [-0.1, -0.05) is 13.8 Å². The second-order valence-corrected chi connectivity index (χ2v) is 6.83. The number of aromatic amines is 1. The van der Waals surface area contributed by atoms with Crippen LogP contribution < -0.4 is 10.1 Å². The third-order valence-corrected chi connectivity index (χ3v) is 5.56. The van der Waals surface area contributed by atoms with Crippen LogP contribution in [0, 0.1) is 0 Å². The molecule has 1 aromatic heterocycles. The fourth-order valence-corrected chi connectivity index (χ4v) is 3.74.